The SMILES string of the molecule is CCC1=C(C)C(=O)N=C1/C=c1\[nH]/c(=C\c2[nH]c(/C=C3/CC(C)(C)C(=O)N3)c(C)c2C)c(C)c1C. The van der Waals surface area contributed by atoms with Crippen LogP contribution in [-0.4, -0.2) is 27.5 Å². The minimum Gasteiger partial charge on any atom is -0.355 e. The molecule has 4 heterocycles. The van der Waals surface area contributed by atoms with Crippen molar-refractivity contribution in [1.29, 1.82) is 0 Å². The highest BCUT2D eigenvalue weighted by atomic mass is 16.2. The fourth-order valence-electron chi connectivity index (χ4n) is 4.66. The van der Waals surface area contributed by atoms with Crippen LogP contribution in [0.5, 0.6) is 0 Å². The third kappa shape index (κ3) is 4.02. The Balaban J connectivity index is 1.75. The maximum Gasteiger partial charge on any atom is 0.273 e. The Bertz CT molecular complexity index is 1440. The van der Waals surface area contributed by atoms with E-state index in [-0.39, 0.29) is 17.2 Å². The number of nitrogens with zero attached hydrogens (tertiary/aromatic N) is 1. The van der Waals surface area contributed by atoms with Gasteiger partial charge in [0.15, 0.2) is 0 Å². The minimum absolute atomic E-state index is 0.0672. The highest BCUT2D eigenvalue weighted by molar-refractivity contribution is 6.30. The highest BCUT2D eigenvalue weighted by Crippen LogP contribution is 2.32. The average Bonchev–Trinajstić information content (AvgIpc) is 3.38. The number of carbonyl (C=O) groups is 2. The maximum atomic E-state index is 12.2. The van der Waals surface area contributed by atoms with E-state index >= 15 is 0 Å². The molecular weight excluding hydrogens is 424 g/mol. The first-order valence-corrected chi connectivity index (χ1v) is 11.9. The van der Waals surface area contributed by atoms with Crippen molar-refractivity contribution in [2.45, 2.75) is 68.2 Å². The lowest BCUT2D eigenvalue weighted by molar-refractivity contribution is -0.125. The lowest BCUT2D eigenvalue weighted by Gasteiger charge is -2.10. The van der Waals surface area contributed by atoms with Crippen LogP contribution in [0.15, 0.2) is 21.8 Å². The number of hydrogen-bond donors (Lipinski definition) is 3. The van der Waals surface area contributed by atoms with E-state index in [0.717, 1.165) is 67.8 Å². The molecule has 34 heavy (non-hydrogen) atoms. The molecule has 178 valence electrons. The van der Waals surface area contributed by atoms with E-state index in [0.29, 0.717) is 6.42 Å². The number of nitrogens with one attached hydrogen (secondary N) is 3. The normalized spacial score (nSPS) is 20.2. The Kier molecular flexibility index (Phi) is 5.88. The van der Waals surface area contributed by atoms with Crippen LogP contribution in [0.1, 0.15) is 74.2 Å². The summed E-state index contributed by atoms with van der Waals surface area (Å²) >= 11 is 0. The quantitative estimate of drug-likeness (QED) is 0.651. The number of aromatic amines is 2. The number of allylic oxidation sites excluding steroid dienone is 2. The molecule has 0 radical (unpaired) electrons. The Labute approximate surface area is 200 Å². The standard InChI is InChI=1S/C28H34N4O2/c1-9-20-18(6)26(33)32-25(20)12-24-17(5)16(4)23(31-24)11-22-15(3)14(2)21(30-22)10-19-13-28(7,8)27(34)29-19/h10-12,30-31H,9,13H2,1-8H3,(H,29,34)/b19-10-,23-11-,24-12-. The number of aromatic nitrogens is 2. The van der Waals surface area contributed by atoms with Crippen molar-refractivity contribution in [3.63, 3.8) is 0 Å². The fraction of sp³-hybridized carbons (Fsp3) is 0.393. The van der Waals surface area contributed by atoms with E-state index in [2.05, 4.69) is 60.1 Å². The van der Waals surface area contributed by atoms with E-state index in [1.54, 1.807) is 0 Å². The van der Waals surface area contributed by atoms with Crippen LogP contribution < -0.4 is 16.0 Å². The Morgan fingerprint density at radius 2 is 1.44 bits per heavy atom. The van der Waals surface area contributed by atoms with Crippen LogP contribution in [-0.2, 0) is 9.59 Å². The summed E-state index contributed by atoms with van der Waals surface area (Å²) in [5, 5.41) is 5.00. The van der Waals surface area contributed by atoms with Gasteiger partial charge >= 0.3 is 0 Å². The van der Waals surface area contributed by atoms with E-state index in [1.165, 1.54) is 5.56 Å². The molecule has 2 aliphatic heterocycles. The lowest BCUT2D eigenvalue weighted by Crippen LogP contribution is -2.24. The molecule has 6 heteroatoms. The van der Waals surface area contributed by atoms with Gasteiger partial charge in [0.25, 0.3) is 5.91 Å². The molecule has 2 aromatic rings. The number of aliphatic imine (C=N–C) groups is 1. The molecule has 0 atom stereocenters. The summed E-state index contributed by atoms with van der Waals surface area (Å²) < 4.78 is 0. The highest BCUT2D eigenvalue weighted by Gasteiger charge is 2.35. The molecule has 4 rings (SSSR count). The molecular formula is C28H34N4O2. The van der Waals surface area contributed by atoms with Crippen molar-refractivity contribution in [3.8, 4) is 0 Å². The second-order valence-electron chi connectivity index (χ2n) is 10.1. The topological polar surface area (TPSA) is 90.1 Å². The Morgan fingerprint density at radius 3 is 2.00 bits per heavy atom. The van der Waals surface area contributed by atoms with Crippen molar-refractivity contribution in [2.75, 3.05) is 0 Å². The zero-order valence-corrected chi connectivity index (χ0v) is 21.4. The summed E-state index contributed by atoms with van der Waals surface area (Å²) in [6.45, 7) is 16.2. The van der Waals surface area contributed by atoms with Gasteiger partial charge in [-0.1, -0.05) is 20.8 Å². The monoisotopic (exact) mass is 458 g/mol. The molecule has 2 aromatic heterocycles. The Hall–Kier alpha value is -3.41. The van der Waals surface area contributed by atoms with Crippen LogP contribution in [0.2, 0.25) is 0 Å². The number of amides is 2. The summed E-state index contributed by atoms with van der Waals surface area (Å²) in [5.41, 5.74) is 9.75. The van der Waals surface area contributed by atoms with Crippen LogP contribution in [0.25, 0.3) is 18.2 Å². The van der Waals surface area contributed by atoms with E-state index in [4.69, 9.17) is 0 Å². The predicted octanol–water partition coefficient (Wildman–Crippen LogP) is 3.78. The first-order chi connectivity index (χ1) is 15.9. The second-order valence-corrected chi connectivity index (χ2v) is 10.1. The van der Waals surface area contributed by atoms with Crippen LogP contribution in [0.4, 0.5) is 0 Å². The van der Waals surface area contributed by atoms with E-state index in [9.17, 15) is 9.59 Å². The molecule has 3 N–H and O–H groups in total. The fourth-order valence-corrected chi connectivity index (χ4v) is 4.66. The molecule has 0 unspecified atom stereocenters. The lowest BCUT2D eigenvalue weighted by atomic mass is 9.91. The van der Waals surface area contributed by atoms with Crippen molar-refractivity contribution in [3.05, 3.63) is 61.2 Å². The number of rotatable bonds is 4. The molecule has 0 saturated carbocycles. The summed E-state index contributed by atoms with van der Waals surface area (Å²) in [4.78, 5) is 35.5. The maximum absolute atomic E-state index is 12.2. The van der Waals surface area contributed by atoms with Gasteiger partial charge in [-0.25, -0.2) is 4.99 Å². The van der Waals surface area contributed by atoms with Gasteiger partial charge in [-0.15, -0.1) is 0 Å². The Morgan fingerprint density at radius 1 is 0.853 bits per heavy atom. The van der Waals surface area contributed by atoms with Crippen molar-refractivity contribution in [2.24, 2.45) is 10.4 Å². The number of H-pyrrole nitrogens is 2. The van der Waals surface area contributed by atoms with Gasteiger partial charge in [0.2, 0.25) is 5.91 Å². The summed E-state index contributed by atoms with van der Waals surface area (Å²) in [7, 11) is 0. The van der Waals surface area contributed by atoms with Crippen LogP contribution >= 0.6 is 0 Å². The van der Waals surface area contributed by atoms with Gasteiger partial charge in [-0.3, -0.25) is 9.59 Å². The van der Waals surface area contributed by atoms with Crippen molar-refractivity contribution < 1.29 is 9.59 Å². The van der Waals surface area contributed by atoms with Gasteiger partial charge in [0.05, 0.1) is 5.71 Å². The molecule has 0 bridgehead atoms. The molecule has 2 amide bonds. The van der Waals surface area contributed by atoms with Crippen molar-refractivity contribution >= 4 is 35.8 Å². The minimum atomic E-state index is -0.373. The smallest absolute Gasteiger partial charge is 0.273 e. The largest absolute Gasteiger partial charge is 0.355 e. The molecule has 1 saturated heterocycles. The number of carbonyl (C=O) groups excluding carboxylic acids is 2. The molecule has 2 aliphatic rings. The van der Waals surface area contributed by atoms with Crippen molar-refractivity contribution in [1.82, 2.24) is 15.3 Å². The second kappa shape index (κ2) is 8.42. The molecule has 0 spiro atoms. The molecule has 6 nitrogen and oxygen atoms in total. The van der Waals surface area contributed by atoms with Gasteiger partial charge in [0.1, 0.15) is 0 Å². The van der Waals surface area contributed by atoms with E-state index in [1.807, 2.05) is 33.8 Å². The summed E-state index contributed by atoms with van der Waals surface area (Å²) in [6, 6.07) is 0. The zero-order chi connectivity index (χ0) is 24.9. The van der Waals surface area contributed by atoms with Gasteiger partial charge in [-0.2, -0.15) is 0 Å². The zero-order valence-electron chi connectivity index (χ0n) is 21.4. The number of hydrogen-bond acceptors (Lipinski definition) is 2. The third-order valence-electron chi connectivity index (χ3n) is 7.35. The molecule has 0 aromatic carbocycles. The molecule has 1 fully saturated rings. The average molecular weight is 459 g/mol. The first-order valence-electron chi connectivity index (χ1n) is 11.9. The summed E-state index contributed by atoms with van der Waals surface area (Å²) in [6.07, 6.45) is 7.65. The van der Waals surface area contributed by atoms with Gasteiger partial charge < -0.3 is 15.3 Å². The predicted molar refractivity (Wildman–Crippen MR) is 138 cm³/mol. The third-order valence-corrected chi connectivity index (χ3v) is 7.35. The summed E-state index contributed by atoms with van der Waals surface area (Å²) in [5.74, 6) is -0.0747. The van der Waals surface area contributed by atoms with Gasteiger partial charge in [0, 0.05) is 45.2 Å². The molecule has 0 aliphatic carbocycles. The first kappa shape index (κ1) is 23.7. The van der Waals surface area contributed by atoms with E-state index < -0.39 is 0 Å². The van der Waals surface area contributed by atoms with Gasteiger partial charge in [-0.05, 0) is 87.1 Å². The van der Waals surface area contributed by atoms with Crippen LogP contribution in [0, 0.1) is 33.1 Å². The van der Waals surface area contributed by atoms with Crippen LogP contribution in [0.3, 0.4) is 0 Å².